The van der Waals surface area contributed by atoms with Crippen molar-refractivity contribution in [3.63, 3.8) is 0 Å². The topological polar surface area (TPSA) is 71.3 Å². The average Bonchev–Trinajstić information content (AvgIpc) is 2.45. The minimum atomic E-state index is -0.103. The molecular weight excluding hydrogens is 244 g/mol. The highest BCUT2D eigenvalue weighted by Gasteiger charge is 2.06. The first-order valence-electron chi connectivity index (χ1n) is 6.05. The van der Waals surface area contributed by atoms with Crippen molar-refractivity contribution in [3.05, 3.63) is 23.8 Å². The van der Waals surface area contributed by atoms with Crippen LogP contribution in [0.25, 0.3) is 0 Å². The van der Waals surface area contributed by atoms with E-state index in [4.69, 9.17) is 14.7 Å². The lowest BCUT2D eigenvalue weighted by Gasteiger charge is -2.10. The fourth-order valence-electron chi connectivity index (χ4n) is 1.65. The van der Waals surface area contributed by atoms with Crippen molar-refractivity contribution < 1.29 is 14.3 Å². The van der Waals surface area contributed by atoms with E-state index in [0.717, 1.165) is 17.1 Å². The molecule has 0 aliphatic heterocycles. The first-order valence-corrected chi connectivity index (χ1v) is 6.05. The summed E-state index contributed by atoms with van der Waals surface area (Å²) in [6.45, 7) is 0.521. The zero-order valence-electron chi connectivity index (χ0n) is 11.2. The molecule has 1 N–H and O–H groups in total. The largest absolute Gasteiger partial charge is 0.497 e. The second kappa shape index (κ2) is 7.98. The highest BCUT2D eigenvalue weighted by atomic mass is 16.5. The van der Waals surface area contributed by atoms with Gasteiger partial charge in [0, 0.05) is 25.5 Å². The van der Waals surface area contributed by atoms with Crippen LogP contribution in [-0.2, 0) is 11.2 Å². The lowest BCUT2D eigenvalue weighted by Crippen LogP contribution is -2.25. The number of carbonyl (C=O) groups excluding carboxylic acids is 1. The van der Waals surface area contributed by atoms with Gasteiger partial charge in [0.05, 0.1) is 20.3 Å². The normalized spacial score (nSPS) is 9.53. The minimum Gasteiger partial charge on any atom is -0.497 e. The van der Waals surface area contributed by atoms with E-state index in [-0.39, 0.29) is 18.7 Å². The van der Waals surface area contributed by atoms with Crippen LogP contribution in [0.4, 0.5) is 0 Å². The fourth-order valence-corrected chi connectivity index (χ4v) is 1.65. The molecule has 5 heteroatoms. The lowest BCUT2D eigenvalue weighted by molar-refractivity contribution is -0.120. The first kappa shape index (κ1) is 14.8. The second-order valence-electron chi connectivity index (χ2n) is 3.94. The molecular formula is C14H18N2O3. The monoisotopic (exact) mass is 262 g/mol. The Bertz CT molecular complexity index is 466. The Morgan fingerprint density at radius 1 is 1.37 bits per heavy atom. The van der Waals surface area contributed by atoms with Crippen LogP contribution in [0.3, 0.4) is 0 Å². The molecule has 0 atom stereocenters. The van der Waals surface area contributed by atoms with Crippen LogP contribution in [-0.4, -0.2) is 26.7 Å². The smallest absolute Gasteiger partial charge is 0.221 e. The number of amides is 1. The van der Waals surface area contributed by atoms with Gasteiger partial charge < -0.3 is 14.8 Å². The van der Waals surface area contributed by atoms with Crippen LogP contribution >= 0.6 is 0 Å². The third kappa shape index (κ3) is 4.88. The van der Waals surface area contributed by atoms with Gasteiger partial charge in [-0.2, -0.15) is 5.26 Å². The Morgan fingerprint density at radius 3 is 2.79 bits per heavy atom. The van der Waals surface area contributed by atoms with E-state index >= 15 is 0 Å². The van der Waals surface area contributed by atoms with Crippen molar-refractivity contribution in [2.75, 3.05) is 20.8 Å². The van der Waals surface area contributed by atoms with Gasteiger partial charge in [0.2, 0.25) is 5.91 Å². The van der Waals surface area contributed by atoms with Crippen LogP contribution in [0, 0.1) is 11.3 Å². The number of rotatable bonds is 7. The summed E-state index contributed by atoms with van der Waals surface area (Å²) in [5.74, 6) is 1.37. The van der Waals surface area contributed by atoms with Gasteiger partial charge in [-0.05, 0) is 18.1 Å². The second-order valence-corrected chi connectivity index (χ2v) is 3.94. The Kier molecular flexibility index (Phi) is 6.23. The molecule has 1 aromatic rings. The Labute approximate surface area is 113 Å². The maximum absolute atomic E-state index is 11.3. The summed E-state index contributed by atoms with van der Waals surface area (Å²) in [5, 5.41) is 11.1. The third-order valence-corrected chi connectivity index (χ3v) is 2.67. The summed E-state index contributed by atoms with van der Waals surface area (Å²) in [6.07, 6.45) is 1.17. The number of nitrogens with one attached hydrogen (secondary N) is 1. The van der Waals surface area contributed by atoms with E-state index in [1.165, 1.54) is 0 Å². The zero-order valence-corrected chi connectivity index (χ0v) is 11.2. The van der Waals surface area contributed by atoms with Crippen molar-refractivity contribution in [2.24, 2.45) is 0 Å². The summed E-state index contributed by atoms with van der Waals surface area (Å²) in [6, 6.07) is 7.53. The molecule has 0 heterocycles. The fraction of sp³-hybridized carbons (Fsp3) is 0.429. The van der Waals surface area contributed by atoms with Crippen molar-refractivity contribution in [1.29, 1.82) is 5.26 Å². The van der Waals surface area contributed by atoms with Crippen molar-refractivity contribution in [1.82, 2.24) is 5.32 Å². The summed E-state index contributed by atoms with van der Waals surface area (Å²) >= 11 is 0. The van der Waals surface area contributed by atoms with E-state index < -0.39 is 0 Å². The number of methoxy groups -OCH3 is 2. The average molecular weight is 262 g/mol. The van der Waals surface area contributed by atoms with E-state index in [9.17, 15) is 4.79 Å². The van der Waals surface area contributed by atoms with Crippen LogP contribution in [0.15, 0.2) is 18.2 Å². The highest BCUT2D eigenvalue weighted by Crippen LogP contribution is 2.24. The van der Waals surface area contributed by atoms with Gasteiger partial charge in [0.15, 0.2) is 0 Å². The molecule has 1 aromatic carbocycles. The van der Waals surface area contributed by atoms with Crippen LogP contribution in [0.1, 0.15) is 18.4 Å². The lowest BCUT2D eigenvalue weighted by atomic mass is 10.1. The number of ether oxygens (including phenoxy) is 2. The van der Waals surface area contributed by atoms with Gasteiger partial charge in [0.25, 0.3) is 0 Å². The summed E-state index contributed by atoms with van der Waals surface area (Å²) < 4.78 is 10.4. The van der Waals surface area contributed by atoms with Crippen molar-refractivity contribution >= 4 is 5.91 Å². The SMILES string of the molecule is COc1ccc(CCNC(=O)CCC#N)c(OC)c1. The van der Waals surface area contributed by atoms with Crippen LogP contribution in [0.2, 0.25) is 0 Å². The summed E-state index contributed by atoms with van der Waals surface area (Å²) in [4.78, 5) is 11.3. The number of carbonyl (C=O) groups is 1. The van der Waals surface area contributed by atoms with Gasteiger partial charge in [-0.15, -0.1) is 0 Å². The summed E-state index contributed by atoms with van der Waals surface area (Å²) in [5.41, 5.74) is 1.00. The van der Waals surface area contributed by atoms with Gasteiger partial charge in [0.1, 0.15) is 11.5 Å². The maximum atomic E-state index is 11.3. The van der Waals surface area contributed by atoms with E-state index in [1.807, 2.05) is 24.3 Å². The quantitative estimate of drug-likeness (QED) is 0.811. The molecule has 0 fully saturated rings. The molecule has 0 aliphatic carbocycles. The number of nitriles is 1. The molecule has 1 rings (SSSR count). The molecule has 0 spiro atoms. The zero-order chi connectivity index (χ0) is 14.1. The molecule has 0 aromatic heterocycles. The minimum absolute atomic E-state index is 0.103. The number of benzene rings is 1. The number of hydrogen-bond donors (Lipinski definition) is 1. The number of nitrogens with zero attached hydrogens (tertiary/aromatic N) is 1. The van der Waals surface area contributed by atoms with Gasteiger partial charge in [-0.1, -0.05) is 6.07 Å². The van der Waals surface area contributed by atoms with Gasteiger partial charge in [-0.25, -0.2) is 0 Å². The molecule has 5 nitrogen and oxygen atoms in total. The molecule has 0 saturated heterocycles. The standard InChI is InChI=1S/C14H18N2O3/c1-18-12-6-5-11(13(10-12)19-2)7-9-16-14(17)4-3-8-15/h5-6,10H,3-4,7,9H2,1-2H3,(H,16,17). The Balaban J connectivity index is 2.49. The Hall–Kier alpha value is -2.22. The molecule has 0 bridgehead atoms. The van der Waals surface area contributed by atoms with Crippen LogP contribution in [0.5, 0.6) is 11.5 Å². The maximum Gasteiger partial charge on any atom is 0.221 e. The predicted molar refractivity (Wildman–Crippen MR) is 71.1 cm³/mol. The molecule has 0 saturated carbocycles. The molecule has 1 amide bonds. The molecule has 102 valence electrons. The van der Waals surface area contributed by atoms with Crippen LogP contribution < -0.4 is 14.8 Å². The molecule has 19 heavy (non-hydrogen) atoms. The first-order chi connectivity index (χ1) is 9.21. The Morgan fingerprint density at radius 2 is 2.16 bits per heavy atom. The number of hydrogen-bond acceptors (Lipinski definition) is 4. The molecule has 0 aliphatic rings. The third-order valence-electron chi connectivity index (χ3n) is 2.67. The van der Waals surface area contributed by atoms with Gasteiger partial charge >= 0.3 is 0 Å². The summed E-state index contributed by atoms with van der Waals surface area (Å²) in [7, 11) is 3.20. The molecule has 0 radical (unpaired) electrons. The molecule has 0 unspecified atom stereocenters. The van der Waals surface area contributed by atoms with E-state index in [2.05, 4.69) is 5.32 Å². The van der Waals surface area contributed by atoms with E-state index in [0.29, 0.717) is 13.0 Å². The van der Waals surface area contributed by atoms with Gasteiger partial charge in [-0.3, -0.25) is 4.79 Å². The van der Waals surface area contributed by atoms with Crippen molar-refractivity contribution in [2.45, 2.75) is 19.3 Å². The highest BCUT2D eigenvalue weighted by molar-refractivity contribution is 5.76. The van der Waals surface area contributed by atoms with Crippen molar-refractivity contribution in [3.8, 4) is 17.6 Å². The predicted octanol–water partition coefficient (Wildman–Crippen LogP) is 1.67. The van der Waals surface area contributed by atoms with E-state index in [1.54, 1.807) is 14.2 Å².